The van der Waals surface area contributed by atoms with E-state index in [9.17, 15) is 4.79 Å². The van der Waals surface area contributed by atoms with Gasteiger partial charge in [0.2, 0.25) is 5.91 Å². The van der Waals surface area contributed by atoms with Crippen LogP contribution in [0.5, 0.6) is 0 Å². The Labute approximate surface area is 81.4 Å². The van der Waals surface area contributed by atoms with Gasteiger partial charge in [-0.3, -0.25) is 4.79 Å². The Morgan fingerprint density at radius 2 is 1.62 bits per heavy atom. The van der Waals surface area contributed by atoms with Crippen LogP contribution in [0.15, 0.2) is 12.2 Å². The summed E-state index contributed by atoms with van der Waals surface area (Å²) < 4.78 is 0. The molecule has 0 heterocycles. The van der Waals surface area contributed by atoms with E-state index in [4.69, 9.17) is 0 Å². The summed E-state index contributed by atoms with van der Waals surface area (Å²) in [5, 5.41) is 3.04. The Bertz CT molecular complexity index is 184. The van der Waals surface area contributed by atoms with E-state index in [0.717, 1.165) is 19.3 Å². The number of hydrogen-bond donors (Lipinski definition) is 1. The zero-order chi connectivity index (χ0) is 10.5. The molecule has 0 bridgehead atoms. The van der Waals surface area contributed by atoms with Crippen molar-refractivity contribution in [2.45, 2.75) is 52.5 Å². The molecule has 1 amide bonds. The molecule has 0 unspecified atom stereocenters. The second-order valence-corrected chi connectivity index (χ2v) is 3.58. The number of rotatable bonds is 5. The highest BCUT2D eigenvalue weighted by molar-refractivity contribution is 5.92. The SMILES string of the molecule is C=C(C)C(=O)NC(CC)(CC)CC. The molecule has 0 aromatic heterocycles. The monoisotopic (exact) mass is 183 g/mol. The highest BCUT2D eigenvalue weighted by Crippen LogP contribution is 2.19. The molecule has 0 radical (unpaired) electrons. The molecule has 0 aromatic carbocycles. The van der Waals surface area contributed by atoms with E-state index in [0.29, 0.717) is 5.57 Å². The lowest BCUT2D eigenvalue weighted by atomic mass is 9.89. The zero-order valence-corrected chi connectivity index (χ0v) is 9.24. The Morgan fingerprint density at radius 1 is 1.23 bits per heavy atom. The summed E-state index contributed by atoms with van der Waals surface area (Å²) in [6.07, 6.45) is 2.91. The van der Waals surface area contributed by atoms with Crippen LogP contribution >= 0.6 is 0 Å². The summed E-state index contributed by atoms with van der Waals surface area (Å²) in [5.41, 5.74) is 0.551. The Morgan fingerprint density at radius 3 is 1.85 bits per heavy atom. The molecule has 0 fully saturated rings. The first-order valence-electron chi connectivity index (χ1n) is 4.99. The van der Waals surface area contributed by atoms with E-state index < -0.39 is 0 Å². The molecule has 2 heteroatoms. The second kappa shape index (κ2) is 5.05. The first-order chi connectivity index (χ1) is 6.01. The molecule has 13 heavy (non-hydrogen) atoms. The average molecular weight is 183 g/mol. The zero-order valence-electron chi connectivity index (χ0n) is 9.24. The normalized spacial score (nSPS) is 11.1. The summed E-state index contributed by atoms with van der Waals surface area (Å²) in [6.45, 7) is 11.7. The minimum absolute atomic E-state index is 0.0226. The van der Waals surface area contributed by atoms with Crippen LogP contribution in [0.3, 0.4) is 0 Å². The van der Waals surface area contributed by atoms with Gasteiger partial charge in [0.05, 0.1) is 0 Å². The molecule has 2 nitrogen and oxygen atoms in total. The molecule has 0 atom stereocenters. The summed E-state index contributed by atoms with van der Waals surface area (Å²) in [7, 11) is 0. The van der Waals surface area contributed by atoms with Crippen LogP contribution in [0.2, 0.25) is 0 Å². The van der Waals surface area contributed by atoms with Gasteiger partial charge < -0.3 is 5.32 Å². The number of carbonyl (C=O) groups excluding carboxylic acids is 1. The lowest BCUT2D eigenvalue weighted by Gasteiger charge is -2.31. The first kappa shape index (κ1) is 12.2. The van der Waals surface area contributed by atoms with Gasteiger partial charge in [0.25, 0.3) is 0 Å². The largest absolute Gasteiger partial charge is 0.347 e. The third kappa shape index (κ3) is 3.21. The van der Waals surface area contributed by atoms with Gasteiger partial charge in [-0.05, 0) is 26.2 Å². The predicted molar refractivity (Wildman–Crippen MR) is 56.6 cm³/mol. The van der Waals surface area contributed by atoms with Crippen molar-refractivity contribution in [1.29, 1.82) is 0 Å². The van der Waals surface area contributed by atoms with Gasteiger partial charge in [0.15, 0.2) is 0 Å². The van der Waals surface area contributed by atoms with Crippen molar-refractivity contribution < 1.29 is 4.79 Å². The standard InChI is InChI=1S/C11H21NO/c1-6-11(7-2,8-3)12-10(13)9(4)5/h4,6-8H2,1-3,5H3,(H,12,13). The van der Waals surface area contributed by atoms with Gasteiger partial charge >= 0.3 is 0 Å². The summed E-state index contributed by atoms with van der Waals surface area (Å²) in [6, 6.07) is 0. The van der Waals surface area contributed by atoms with Crippen LogP contribution < -0.4 is 5.32 Å². The molecule has 0 rings (SSSR count). The van der Waals surface area contributed by atoms with Gasteiger partial charge in [0.1, 0.15) is 0 Å². The lowest BCUT2D eigenvalue weighted by molar-refractivity contribution is -0.119. The smallest absolute Gasteiger partial charge is 0.246 e. The third-order valence-electron chi connectivity index (χ3n) is 2.80. The molecule has 0 spiro atoms. The minimum Gasteiger partial charge on any atom is -0.347 e. The van der Waals surface area contributed by atoms with Crippen molar-refractivity contribution in [3.05, 3.63) is 12.2 Å². The fourth-order valence-corrected chi connectivity index (χ4v) is 1.36. The van der Waals surface area contributed by atoms with Crippen LogP contribution in [0.4, 0.5) is 0 Å². The van der Waals surface area contributed by atoms with Gasteiger partial charge in [-0.25, -0.2) is 0 Å². The maximum absolute atomic E-state index is 11.4. The van der Waals surface area contributed by atoms with Crippen LogP contribution in [0, 0.1) is 0 Å². The molecule has 0 aromatic rings. The number of amides is 1. The Hall–Kier alpha value is -0.790. The molecule has 76 valence electrons. The second-order valence-electron chi connectivity index (χ2n) is 3.58. The van der Waals surface area contributed by atoms with E-state index in [-0.39, 0.29) is 11.4 Å². The molecular weight excluding hydrogens is 162 g/mol. The van der Waals surface area contributed by atoms with Gasteiger partial charge in [-0.1, -0.05) is 27.4 Å². The predicted octanol–water partition coefficient (Wildman–Crippen LogP) is 2.65. The highest BCUT2D eigenvalue weighted by atomic mass is 16.1. The third-order valence-corrected chi connectivity index (χ3v) is 2.80. The average Bonchev–Trinajstić information content (AvgIpc) is 2.14. The van der Waals surface area contributed by atoms with Crippen molar-refractivity contribution in [2.24, 2.45) is 0 Å². The van der Waals surface area contributed by atoms with Crippen LogP contribution in [0.25, 0.3) is 0 Å². The topological polar surface area (TPSA) is 29.1 Å². The van der Waals surface area contributed by atoms with Crippen LogP contribution in [-0.2, 0) is 4.79 Å². The van der Waals surface area contributed by atoms with Gasteiger partial charge in [-0.2, -0.15) is 0 Å². The van der Waals surface area contributed by atoms with Gasteiger partial charge in [-0.15, -0.1) is 0 Å². The van der Waals surface area contributed by atoms with E-state index in [1.807, 2.05) is 0 Å². The molecule has 0 aliphatic carbocycles. The lowest BCUT2D eigenvalue weighted by Crippen LogP contribution is -2.47. The van der Waals surface area contributed by atoms with Crippen molar-refractivity contribution in [3.63, 3.8) is 0 Å². The summed E-state index contributed by atoms with van der Waals surface area (Å²) >= 11 is 0. The van der Waals surface area contributed by atoms with E-state index in [2.05, 4.69) is 32.7 Å². The maximum Gasteiger partial charge on any atom is 0.246 e. The fraction of sp³-hybridized carbons (Fsp3) is 0.727. The number of hydrogen-bond acceptors (Lipinski definition) is 1. The first-order valence-corrected chi connectivity index (χ1v) is 4.99. The quantitative estimate of drug-likeness (QED) is 0.652. The van der Waals surface area contributed by atoms with Gasteiger partial charge in [0, 0.05) is 11.1 Å². The molecule has 0 saturated heterocycles. The molecular formula is C11H21NO. The molecule has 1 N–H and O–H groups in total. The number of carbonyl (C=O) groups is 1. The van der Waals surface area contributed by atoms with E-state index >= 15 is 0 Å². The highest BCUT2D eigenvalue weighted by Gasteiger charge is 2.25. The maximum atomic E-state index is 11.4. The Kier molecular flexibility index (Phi) is 4.74. The fourth-order valence-electron chi connectivity index (χ4n) is 1.36. The van der Waals surface area contributed by atoms with Crippen molar-refractivity contribution >= 4 is 5.91 Å². The van der Waals surface area contributed by atoms with E-state index in [1.54, 1.807) is 6.92 Å². The number of nitrogens with one attached hydrogen (secondary N) is 1. The molecule has 0 aliphatic rings. The van der Waals surface area contributed by atoms with Crippen molar-refractivity contribution in [3.8, 4) is 0 Å². The Balaban J connectivity index is 4.42. The summed E-state index contributed by atoms with van der Waals surface area (Å²) in [5.74, 6) is -0.0226. The molecule has 0 aliphatic heterocycles. The van der Waals surface area contributed by atoms with Crippen LogP contribution in [-0.4, -0.2) is 11.4 Å². The van der Waals surface area contributed by atoms with Crippen LogP contribution in [0.1, 0.15) is 47.0 Å². The van der Waals surface area contributed by atoms with Crippen molar-refractivity contribution in [2.75, 3.05) is 0 Å². The summed E-state index contributed by atoms with van der Waals surface area (Å²) in [4.78, 5) is 11.4. The van der Waals surface area contributed by atoms with E-state index in [1.165, 1.54) is 0 Å². The van der Waals surface area contributed by atoms with Crippen molar-refractivity contribution in [1.82, 2.24) is 5.32 Å². The minimum atomic E-state index is -0.0317. The molecule has 0 saturated carbocycles.